The first-order valence-electron chi connectivity index (χ1n) is 8.90. The Morgan fingerprint density at radius 3 is 2.61 bits per heavy atom. The smallest absolute Gasteiger partial charge is 0.270 e. The first-order valence-corrected chi connectivity index (χ1v) is 10.3. The molecule has 0 aliphatic heterocycles. The third-order valence-electron chi connectivity index (χ3n) is 4.15. The van der Waals surface area contributed by atoms with Crippen LogP contribution in [0.2, 0.25) is 5.02 Å². The number of nitrogens with one attached hydrogen (secondary N) is 2. The molecule has 0 bridgehead atoms. The normalized spacial score (nSPS) is 10.3. The number of aromatic amines is 1. The Labute approximate surface area is 187 Å². The maximum atomic E-state index is 12.4. The predicted octanol–water partition coefficient (Wildman–Crippen LogP) is 3.71. The highest BCUT2D eigenvalue weighted by Crippen LogP contribution is 2.28. The van der Waals surface area contributed by atoms with Gasteiger partial charge in [0.2, 0.25) is 5.91 Å². The molecular formula is C21H17ClN4O4S. The highest BCUT2D eigenvalue weighted by Gasteiger charge is 2.15. The number of nitriles is 1. The van der Waals surface area contributed by atoms with E-state index in [-0.39, 0.29) is 28.1 Å². The van der Waals surface area contributed by atoms with Gasteiger partial charge in [-0.15, -0.1) is 0 Å². The van der Waals surface area contributed by atoms with Crippen LogP contribution in [-0.2, 0) is 4.79 Å². The summed E-state index contributed by atoms with van der Waals surface area (Å²) < 4.78 is 10.3. The summed E-state index contributed by atoms with van der Waals surface area (Å²) in [6.07, 6.45) is 0. The number of amides is 1. The van der Waals surface area contributed by atoms with E-state index in [4.69, 9.17) is 21.1 Å². The van der Waals surface area contributed by atoms with Gasteiger partial charge in [0.05, 0.1) is 31.4 Å². The topological polar surface area (TPSA) is 117 Å². The molecule has 0 saturated heterocycles. The second-order valence-electron chi connectivity index (χ2n) is 6.12. The van der Waals surface area contributed by atoms with Gasteiger partial charge in [0.1, 0.15) is 23.1 Å². The van der Waals surface area contributed by atoms with Crippen molar-refractivity contribution in [1.29, 1.82) is 5.26 Å². The number of methoxy groups -OCH3 is 2. The lowest BCUT2D eigenvalue weighted by Gasteiger charge is -2.11. The second kappa shape index (κ2) is 10.0. The van der Waals surface area contributed by atoms with Crippen molar-refractivity contribution in [1.82, 2.24) is 9.97 Å². The van der Waals surface area contributed by atoms with Crippen LogP contribution in [0.5, 0.6) is 11.5 Å². The number of anilines is 1. The number of carbonyl (C=O) groups excluding carboxylic acids is 1. The number of ether oxygens (including phenoxy) is 2. The standard InChI is InChI=1S/C21H17ClN4O4S/c1-29-14-6-3-12(4-7-14)19-15(10-23)20(28)26-21(25-19)31-11-18(27)24-16-9-13(22)5-8-17(16)30-2/h3-9H,11H2,1-2H3,(H,24,27)(H,25,26,28). The molecule has 0 saturated carbocycles. The van der Waals surface area contributed by atoms with E-state index in [9.17, 15) is 14.9 Å². The summed E-state index contributed by atoms with van der Waals surface area (Å²) in [5.41, 5.74) is 0.554. The average molecular weight is 457 g/mol. The lowest BCUT2D eigenvalue weighted by atomic mass is 10.1. The first kappa shape index (κ1) is 22.2. The Kier molecular flexibility index (Phi) is 7.18. The highest BCUT2D eigenvalue weighted by atomic mass is 35.5. The molecule has 0 aliphatic carbocycles. The van der Waals surface area contributed by atoms with E-state index in [0.29, 0.717) is 27.8 Å². The summed E-state index contributed by atoms with van der Waals surface area (Å²) in [6.45, 7) is 0. The zero-order valence-electron chi connectivity index (χ0n) is 16.6. The second-order valence-corrected chi connectivity index (χ2v) is 7.52. The molecule has 8 nitrogen and oxygen atoms in total. The van der Waals surface area contributed by atoms with Crippen LogP contribution in [0.25, 0.3) is 11.3 Å². The van der Waals surface area contributed by atoms with Gasteiger partial charge in [0, 0.05) is 10.6 Å². The van der Waals surface area contributed by atoms with E-state index in [1.165, 1.54) is 7.11 Å². The highest BCUT2D eigenvalue weighted by molar-refractivity contribution is 7.99. The molecule has 0 fully saturated rings. The van der Waals surface area contributed by atoms with Crippen LogP contribution >= 0.6 is 23.4 Å². The Hall–Kier alpha value is -3.48. The number of benzene rings is 2. The monoisotopic (exact) mass is 456 g/mol. The minimum Gasteiger partial charge on any atom is -0.497 e. The molecule has 0 aliphatic rings. The molecule has 0 atom stereocenters. The molecule has 3 aromatic rings. The number of carbonyl (C=O) groups is 1. The maximum absolute atomic E-state index is 12.4. The third kappa shape index (κ3) is 5.36. The van der Waals surface area contributed by atoms with Gasteiger partial charge in [-0.1, -0.05) is 23.4 Å². The molecule has 1 aromatic heterocycles. The van der Waals surface area contributed by atoms with E-state index >= 15 is 0 Å². The summed E-state index contributed by atoms with van der Waals surface area (Å²) in [7, 11) is 3.03. The van der Waals surface area contributed by atoms with Gasteiger partial charge in [-0.05, 0) is 42.5 Å². The summed E-state index contributed by atoms with van der Waals surface area (Å²) in [5.74, 6) is 0.722. The quantitative estimate of drug-likeness (QED) is 0.411. The molecule has 158 valence electrons. The fourth-order valence-electron chi connectivity index (χ4n) is 2.68. The van der Waals surface area contributed by atoms with Crippen molar-refractivity contribution in [2.45, 2.75) is 5.16 Å². The van der Waals surface area contributed by atoms with Crippen LogP contribution in [0.4, 0.5) is 5.69 Å². The molecule has 0 unspecified atom stereocenters. The molecule has 3 rings (SSSR count). The molecule has 2 aromatic carbocycles. The molecule has 10 heteroatoms. The number of aromatic nitrogens is 2. The van der Waals surface area contributed by atoms with Gasteiger partial charge in [-0.25, -0.2) is 4.98 Å². The van der Waals surface area contributed by atoms with E-state index in [2.05, 4.69) is 15.3 Å². The number of halogens is 1. The predicted molar refractivity (Wildman–Crippen MR) is 119 cm³/mol. The molecule has 1 amide bonds. The van der Waals surface area contributed by atoms with Gasteiger partial charge < -0.3 is 19.8 Å². The zero-order chi connectivity index (χ0) is 22.4. The van der Waals surface area contributed by atoms with E-state index in [0.717, 1.165) is 11.8 Å². The van der Waals surface area contributed by atoms with Crippen molar-refractivity contribution >= 4 is 35.0 Å². The van der Waals surface area contributed by atoms with Crippen LogP contribution in [-0.4, -0.2) is 35.8 Å². The minimum atomic E-state index is -0.581. The van der Waals surface area contributed by atoms with E-state index in [1.807, 2.05) is 6.07 Å². The summed E-state index contributed by atoms with van der Waals surface area (Å²) >= 11 is 7.00. The van der Waals surface area contributed by atoms with Crippen LogP contribution in [0, 0.1) is 11.3 Å². The van der Waals surface area contributed by atoms with Crippen LogP contribution < -0.4 is 20.3 Å². The summed E-state index contributed by atoms with van der Waals surface area (Å²) in [6, 6.07) is 13.6. The average Bonchev–Trinajstić information content (AvgIpc) is 2.77. The molecule has 31 heavy (non-hydrogen) atoms. The maximum Gasteiger partial charge on any atom is 0.270 e. The number of rotatable bonds is 7. The molecule has 0 spiro atoms. The lowest BCUT2D eigenvalue weighted by molar-refractivity contribution is -0.113. The summed E-state index contributed by atoms with van der Waals surface area (Å²) in [5, 5.41) is 12.8. The molecule has 1 heterocycles. The van der Waals surface area contributed by atoms with Crippen LogP contribution in [0.3, 0.4) is 0 Å². The Balaban J connectivity index is 1.80. The zero-order valence-corrected chi connectivity index (χ0v) is 18.1. The van der Waals surface area contributed by atoms with Crippen molar-refractivity contribution in [3.63, 3.8) is 0 Å². The fraction of sp³-hybridized carbons (Fsp3) is 0.143. The van der Waals surface area contributed by atoms with Crippen LogP contribution in [0.1, 0.15) is 5.56 Å². The first-order chi connectivity index (χ1) is 14.9. The summed E-state index contributed by atoms with van der Waals surface area (Å²) in [4.78, 5) is 31.6. The molecular weight excluding hydrogens is 440 g/mol. The fourth-order valence-corrected chi connectivity index (χ4v) is 3.51. The molecule has 0 radical (unpaired) electrons. The van der Waals surface area contributed by atoms with Gasteiger partial charge >= 0.3 is 0 Å². The Morgan fingerprint density at radius 1 is 1.23 bits per heavy atom. The molecule has 2 N–H and O–H groups in total. The minimum absolute atomic E-state index is 0.0352. The Morgan fingerprint density at radius 2 is 1.97 bits per heavy atom. The number of hydrogen-bond acceptors (Lipinski definition) is 7. The Bertz CT molecular complexity index is 1210. The van der Waals surface area contributed by atoms with Gasteiger partial charge in [-0.2, -0.15) is 5.26 Å². The van der Waals surface area contributed by atoms with E-state index < -0.39 is 5.56 Å². The lowest BCUT2D eigenvalue weighted by Crippen LogP contribution is -2.17. The van der Waals surface area contributed by atoms with Crippen molar-refractivity contribution < 1.29 is 14.3 Å². The number of hydrogen-bond donors (Lipinski definition) is 2. The number of nitrogens with zero attached hydrogens (tertiary/aromatic N) is 2. The SMILES string of the molecule is COc1ccc(-c2nc(SCC(=O)Nc3cc(Cl)ccc3OC)[nH]c(=O)c2C#N)cc1. The van der Waals surface area contributed by atoms with Gasteiger partial charge in [0.25, 0.3) is 5.56 Å². The van der Waals surface area contributed by atoms with Crippen LogP contribution in [0.15, 0.2) is 52.4 Å². The largest absolute Gasteiger partial charge is 0.497 e. The van der Waals surface area contributed by atoms with Gasteiger partial charge in [0.15, 0.2) is 5.16 Å². The van der Waals surface area contributed by atoms with Crippen molar-refractivity contribution in [3.05, 3.63) is 63.4 Å². The third-order valence-corrected chi connectivity index (χ3v) is 5.26. The number of H-pyrrole nitrogens is 1. The van der Waals surface area contributed by atoms with Crippen molar-refractivity contribution in [2.75, 3.05) is 25.3 Å². The van der Waals surface area contributed by atoms with Gasteiger partial charge in [-0.3, -0.25) is 9.59 Å². The van der Waals surface area contributed by atoms with E-state index in [1.54, 1.807) is 49.6 Å². The van der Waals surface area contributed by atoms with Crippen molar-refractivity contribution in [3.8, 4) is 28.8 Å². The number of thioether (sulfide) groups is 1. The van der Waals surface area contributed by atoms with Crippen molar-refractivity contribution in [2.24, 2.45) is 0 Å².